The fraction of sp³-hybridized carbons (Fsp3) is 0.615. The number of hydrogen-bond donors (Lipinski definition) is 2. The van der Waals surface area contributed by atoms with Crippen LogP contribution in [-0.4, -0.2) is 57.8 Å². The summed E-state index contributed by atoms with van der Waals surface area (Å²) >= 11 is 0. The Morgan fingerprint density at radius 3 is 2.70 bits per heavy atom. The monoisotopic (exact) mass is 280 g/mol. The molecule has 0 bridgehead atoms. The number of rotatable bonds is 4. The molecular weight excluding hydrogens is 260 g/mol. The quantitative estimate of drug-likeness (QED) is 0.831. The molecule has 0 aliphatic carbocycles. The summed E-state index contributed by atoms with van der Waals surface area (Å²) in [5, 5.41) is 15.9. The average molecular weight is 280 g/mol. The molecule has 1 aliphatic rings. The molecule has 1 aliphatic heterocycles. The molecule has 0 spiro atoms. The number of aromatic nitrogens is 2. The zero-order chi connectivity index (χ0) is 14.7. The predicted molar refractivity (Wildman–Crippen MR) is 72.6 cm³/mol. The first kappa shape index (κ1) is 14.5. The lowest BCUT2D eigenvalue weighted by molar-refractivity contribution is -0.125. The smallest absolute Gasteiger partial charge is 0.354 e. The highest BCUT2D eigenvalue weighted by Gasteiger charge is 2.24. The van der Waals surface area contributed by atoms with E-state index in [4.69, 9.17) is 5.11 Å². The van der Waals surface area contributed by atoms with Crippen molar-refractivity contribution in [3.05, 3.63) is 18.0 Å². The fourth-order valence-corrected chi connectivity index (χ4v) is 2.38. The minimum atomic E-state index is -1.08. The maximum atomic E-state index is 12.2. The summed E-state index contributed by atoms with van der Waals surface area (Å²) in [6.07, 6.45) is 3.22. The van der Waals surface area contributed by atoms with Gasteiger partial charge >= 0.3 is 5.97 Å². The summed E-state index contributed by atoms with van der Waals surface area (Å²) in [5.74, 6) is -1.27. The molecule has 1 unspecified atom stereocenters. The Morgan fingerprint density at radius 2 is 2.10 bits per heavy atom. The summed E-state index contributed by atoms with van der Waals surface area (Å²) in [6, 6.07) is 0.919. The Balaban J connectivity index is 1.98. The van der Waals surface area contributed by atoms with Crippen molar-refractivity contribution in [2.24, 2.45) is 0 Å². The molecule has 1 aromatic heterocycles. The molecule has 2 rings (SSSR count). The third-order valence-corrected chi connectivity index (χ3v) is 3.70. The second kappa shape index (κ2) is 6.04. The molecule has 7 nitrogen and oxygen atoms in total. The van der Waals surface area contributed by atoms with Crippen molar-refractivity contribution in [2.45, 2.75) is 31.8 Å². The zero-order valence-electron chi connectivity index (χ0n) is 11.7. The van der Waals surface area contributed by atoms with Crippen LogP contribution in [0.3, 0.4) is 0 Å². The second-order valence-corrected chi connectivity index (χ2v) is 5.23. The SMILES string of the molecule is CC(C(=O)NC1CCN(C)CC1)n1nccc1C(=O)O. The summed E-state index contributed by atoms with van der Waals surface area (Å²) in [5.41, 5.74) is 0.0241. The van der Waals surface area contributed by atoms with Gasteiger partial charge in [0.05, 0.1) is 0 Å². The third kappa shape index (κ3) is 3.16. The number of piperidine rings is 1. The zero-order valence-corrected chi connectivity index (χ0v) is 11.7. The van der Waals surface area contributed by atoms with E-state index in [0.29, 0.717) is 0 Å². The first-order valence-corrected chi connectivity index (χ1v) is 6.74. The number of carboxylic acid groups (broad SMARTS) is 1. The molecule has 0 aromatic carbocycles. The van der Waals surface area contributed by atoms with Crippen molar-refractivity contribution >= 4 is 11.9 Å². The number of hydrogen-bond acceptors (Lipinski definition) is 4. The van der Waals surface area contributed by atoms with E-state index < -0.39 is 12.0 Å². The lowest BCUT2D eigenvalue weighted by Gasteiger charge is -2.30. The maximum Gasteiger partial charge on any atom is 0.354 e. The molecule has 110 valence electrons. The largest absolute Gasteiger partial charge is 0.477 e. The van der Waals surface area contributed by atoms with Gasteiger partial charge in [-0.25, -0.2) is 9.48 Å². The van der Waals surface area contributed by atoms with Gasteiger partial charge in [0, 0.05) is 12.2 Å². The van der Waals surface area contributed by atoms with Crippen molar-refractivity contribution in [2.75, 3.05) is 20.1 Å². The number of aromatic carboxylic acids is 1. The van der Waals surface area contributed by atoms with Gasteiger partial charge in [0.2, 0.25) is 5.91 Å². The Morgan fingerprint density at radius 1 is 1.45 bits per heavy atom. The summed E-state index contributed by atoms with van der Waals surface area (Å²) < 4.78 is 1.24. The lowest BCUT2D eigenvalue weighted by atomic mass is 10.1. The molecule has 1 atom stereocenters. The number of nitrogens with one attached hydrogen (secondary N) is 1. The number of carboxylic acids is 1. The van der Waals surface area contributed by atoms with Crippen LogP contribution in [0.15, 0.2) is 12.3 Å². The minimum Gasteiger partial charge on any atom is -0.477 e. The van der Waals surface area contributed by atoms with E-state index in [9.17, 15) is 9.59 Å². The highest BCUT2D eigenvalue weighted by Crippen LogP contribution is 2.13. The van der Waals surface area contributed by atoms with Crippen LogP contribution < -0.4 is 5.32 Å². The van der Waals surface area contributed by atoms with E-state index in [-0.39, 0.29) is 17.6 Å². The summed E-state index contributed by atoms with van der Waals surface area (Å²) in [7, 11) is 2.06. The van der Waals surface area contributed by atoms with E-state index in [0.717, 1.165) is 25.9 Å². The number of nitrogens with zero attached hydrogens (tertiary/aromatic N) is 3. The van der Waals surface area contributed by atoms with Crippen molar-refractivity contribution < 1.29 is 14.7 Å². The first-order valence-electron chi connectivity index (χ1n) is 6.74. The number of likely N-dealkylation sites (tertiary alicyclic amines) is 1. The standard InChI is InChI=1S/C13H20N4O3/c1-9(17-11(13(19)20)3-6-14-17)12(18)15-10-4-7-16(2)8-5-10/h3,6,9-10H,4-5,7-8H2,1-2H3,(H,15,18)(H,19,20). The second-order valence-electron chi connectivity index (χ2n) is 5.23. The molecule has 1 aromatic rings. The highest BCUT2D eigenvalue weighted by molar-refractivity contribution is 5.87. The number of carbonyl (C=O) groups excluding carboxylic acids is 1. The molecule has 1 amide bonds. The van der Waals surface area contributed by atoms with Gasteiger partial charge in [0.25, 0.3) is 0 Å². The van der Waals surface area contributed by atoms with Gasteiger partial charge in [-0.1, -0.05) is 0 Å². The summed E-state index contributed by atoms with van der Waals surface area (Å²) in [6.45, 7) is 3.58. The van der Waals surface area contributed by atoms with Crippen molar-refractivity contribution in [3.8, 4) is 0 Å². The van der Waals surface area contributed by atoms with E-state index in [2.05, 4.69) is 22.4 Å². The Bertz CT molecular complexity index is 492. The fourth-order valence-electron chi connectivity index (χ4n) is 2.38. The van der Waals surface area contributed by atoms with Crippen LogP contribution >= 0.6 is 0 Å². The molecule has 0 saturated carbocycles. The molecular formula is C13H20N4O3. The molecule has 1 saturated heterocycles. The normalized spacial score (nSPS) is 18.7. The Hall–Kier alpha value is -1.89. The molecule has 1 fully saturated rings. The number of carbonyl (C=O) groups is 2. The average Bonchev–Trinajstić information content (AvgIpc) is 2.90. The topological polar surface area (TPSA) is 87.5 Å². The lowest BCUT2D eigenvalue weighted by Crippen LogP contribution is -2.45. The van der Waals surface area contributed by atoms with Crippen LogP contribution in [0, 0.1) is 0 Å². The van der Waals surface area contributed by atoms with Crippen molar-refractivity contribution in [1.82, 2.24) is 20.0 Å². The van der Waals surface area contributed by atoms with Gasteiger partial charge in [-0.15, -0.1) is 0 Å². The van der Waals surface area contributed by atoms with Crippen molar-refractivity contribution in [1.29, 1.82) is 0 Å². The molecule has 2 heterocycles. The predicted octanol–water partition coefficient (Wildman–Crippen LogP) is 0.353. The van der Waals surface area contributed by atoms with Gasteiger partial charge in [-0.3, -0.25) is 4.79 Å². The van der Waals surface area contributed by atoms with E-state index >= 15 is 0 Å². The molecule has 20 heavy (non-hydrogen) atoms. The van der Waals surface area contributed by atoms with Gasteiger partial charge in [0.1, 0.15) is 11.7 Å². The van der Waals surface area contributed by atoms with Gasteiger partial charge in [-0.2, -0.15) is 5.10 Å². The van der Waals surface area contributed by atoms with Gasteiger partial charge in [-0.05, 0) is 46.0 Å². The Kier molecular flexibility index (Phi) is 4.39. The van der Waals surface area contributed by atoms with Crippen LogP contribution in [0.25, 0.3) is 0 Å². The maximum absolute atomic E-state index is 12.2. The Labute approximate surface area is 117 Å². The van der Waals surface area contributed by atoms with Crippen molar-refractivity contribution in [3.63, 3.8) is 0 Å². The highest BCUT2D eigenvalue weighted by atomic mass is 16.4. The molecule has 7 heteroatoms. The van der Waals surface area contributed by atoms with Gasteiger partial charge < -0.3 is 15.3 Å². The van der Waals surface area contributed by atoms with Crippen LogP contribution in [0.2, 0.25) is 0 Å². The third-order valence-electron chi connectivity index (χ3n) is 3.70. The molecule has 2 N–H and O–H groups in total. The first-order chi connectivity index (χ1) is 9.49. The van der Waals surface area contributed by atoms with Crippen LogP contribution in [0.1, 0.15) is 36.3 Å². The van der Waals surface area contributed by atoms with Crippen LogP contribution in [-0.2, 0) is 4.79 Å². The van der Waals surface area contributed by atoms with E-state index in [1.165, 1.54) is 16.9 Å². The summed E-state index contributed by atoms with van der Waals surface area (Å²) in [4.78, 5) is 25.4. The van der Waals surface area contributed by atoms with Gasteiger partial charge in [0.15, 0.2) is 0 Å². The molecule has 0 radical (unpaired) electrons. The minimum absolute atomic E-state index is 0.0241. The van der Waals surface area contributed by atoms with E-state index in [1.54, 1.807) is 6.92 Å². The van der Waals surface area contributed by atoms with E-state index in [1.807, 2.05) is 0 Å². The van der Waals surface area contributed by atoms with Crippen LogP contribution in [0.4, 0.5) is 0 Å². The van der Waals surface area contributed by atoms with Crippen LogP contribution in [0.5, 0.6) is 0 Å². The number of amides is 1.